The number of benzene rings is 2. The first-order chi connectivity index (χ1) is 14.5. The SMILES string of the molecule is Cc1ccccc1-n1nc(C(C)(C)O)cc1-c1ccc(-c2cccc(S(C)(=O)=O)c2)s1. The number of aliphatic hydroxyl groups is 1. The Hall–Kier alpha value is -2.74. The third-order valence-corrected chi connectivity index (χ3v) is 7.35. The molecule has 1 N–H and O–H groups in total. The van der Waals surface area contributed by atoms with Crippen molar-refractivity contribution in [3.05, 3.63) is 78.0 Å². The van der Waals surface area contributed by atoms with Crippen LogP contribution in [0.3, 0.4) is 0 Å². The number of thiophene rings is 1. The zero-order valence-corrected chi connectivity index (χ0v) is 19.5. The molecule has 2 heterocycles. The lowest BCUT2D eigenvalue weighted by atomic mass is 10.1. The van der Waals surface area contributed by atoms with E-state index in [0.717, 1.165) is 32.3 Å². The van der Waals surface area contributed by atoms with Crippen LogP contribution >= 0.6 is 11.3 Å². The van der Waals surface area contributed by atoms with E-state index < -0.39 is 15.4 Å². The second-order valence-corrected chi connectivity index (χ2v) is 11.2. The van der Waals surface area contributed by atoms with E-state index in [-0.39, 0.29) is 0 Å². The van der Waals surface area contributed by atoms with Crippen molar-refractivity contribution in [2.45, 2.75) is 31.3 Å². The van der Waals surface area contributed by atoms with E-state index in [1.54, 1.807) is 43.4 Å². The van der Waals surface area contributed by atoms with E-state index in [4.69, 9.17) is 5.10 Å². The summed E-state index contributed by atoms with van der Waals surface area (Å²) in [6.07, 6.45) is 1.21. The Kier molecular flexibility index (Phi) is 5.37. The van der Waals surface area contributed by atoms with Crippen LogP contribution in [0, 0.1) is 6.92 Å². The highest BCUT2D eigenvalue weighted by Crippen LogP contribution is 2.37. The predicted octanol–water partition coefficient (Wildman–Crippen LogP) is 5.21. The minimum absolute atomic E-state index is 0.300. The number of hydrogen-bond acceptors (Lipinski definition) is 5. The van der Waals surface area contributed by atoms with E-state index in [1.807, 2.05) is 60.1 Å². The smallest absolute Gasteiger partial charge is 0.175 e. The maximum absolute atomic E-state index is 11.9. The van der Waals surface area contributed by atoms with Crippen LogP contribution < -0.4 is 0 Å². The molecule has 0 spiro atoms. The molecule has 31 heavy (non-hydrogen) atoms. The summed E-state index contributed by atoms with van der Waals surface area (Å²) >= 11 is 1.56. The topological polar surface area (TPSA) is 72.2 Å². The van der Waals surface area contributed by atoms with Gasteiger partial charge in [-0.2, -0.15) is 5.10 Å². The summed E-state index contributed by atoms with van der Waals surface area (Å²) in [5, 5.41) is 15.3. The molecular formula is C24H24N2O3S2. The largest absolute Gasteiger partial charge is 0.384 e. The molecule has 2 aromatic heterocycles. The quantitative estimate of drug-likeness (QED) is 0.451. The van der Waals surface area contributed by atoms with Gasteiger partial charge in [0, 0.05) is 11.1 Å². The third-order valence-electron chi connectivity index (χ3n) is 5.08. The van der Waals surface area contributed by atoms with Crippen molar-refractivity contribution in [1.82, 2.24) is 9.78 Å². The number of rotatable bonds is 5. The molecule has 4 rings (SSSR count). The number of hydrogen-bond donors (Lipinski definition) is 1. The van der Waals surface area contributed by atoms with Crippen LogP contribution in [0.15, 0.2) is 71.6 Å². The highest BCUT2D eigenvalue weighted by molar-refractivity contribution is 7.90. The van der Waals surface area contributed by atoms with E-state index in [1.165, 1.54) is 6.26 Å². The number of aromatic nitrogens is 2. The Balaban J connectivity index is 1.84. The number of nitrogens with zero attached hydrogens (tertiary/aromatic N) is 2. The second kappa shape index (κ2) is 7.75. The van der Waals surface area contributed by atoms with Crippen LogP contribution in [0.4, 0.5) is 0 Å². The summed E-state index contributed by atoms with van der Waals surface area (Å²) in [5.41, 5.74) is 3.26. The van der Waals surface area contributed by atoms with Gasteiger partial charge in [-0.05, 0) is 68.3 Å². The van der Waals surface area contributed by atoms with Gasteiger partial charge in [0.25, 0.3) is 0 Å². The predicted molar refractivity (Wildman–Crippen MR) is 125 cm³/mol. The molecule has 0 aliphatic carbocycles. The van der Waals surface area contributed by atoms with Crippen molar-refractivity contribution < 1.29 is 13.5 Å². The lowest BCUT2D eigenvalue weighted by molar-refractivity contribution is 0.0734. The Morgan fingerprint density at radius 2 is 1.68 bits per heavy atom. The molecule has 0 aliphatic heterocycles. The normalized spacial score (nSPS) is 12.3. The highest BCUT2D eigenvalue weighted by atomic mass is 32.2. The van der Waals surface area contributed by atoms with E-state index in [2.05, 4.69) is 0 Å². The van der Waals surface area contributed by atoms with Crippen LogP contribution in [-0.2, 0) is 15.4 Å². The van der Waals surface area contributed by atoms with Gasteiger partial charge in [0.05, 0.1) is 26.8 Å². The van der Waals surface area contributed by atoms with Crippen LogP contribution in [0.1, 0.15) is 25.1 Å². The van der Waals surface area contributed by atoms with Crippen molar-refractivity contribution in [2.24, 2.45) is 0 Å². The Morgan fingerprint density at radius 3 is 2.35 bits per heavy atom. The molecule has 0 bridgehead atoms. The molecule has 0 radical (unpaired) electrons. The minimum Gasteiger partial charge on any atom is -0.384 e. The Labute approximate surface area is 186 Å². The highest BCUT2D eigenvalue weighted by Gasteiger charge is 2.24. The van der Waals surface area contributed by atoms with Gasteiger partial charge >= 0.3 is 0 Å². The monoisotopic (exact) mass is 452 g/mol. The summed E-state index contributed by atoms with van der Waals surface area (Å²) in [4.78, 5) is 2.24. The van der Waals surface area contributed by atoms with E-state index >= 15 is 0 Å². The summed E-state index contributed by atoms with van der Waals surface area (Å²) in [5.74, 6) is 0. The maximum atomic E-state index is 11.9. The van der Waals surface area contributed by atoms with Gasteiger partial charge in [-0.15, -0.1) is 11.3 Å². The molecule has 0 unspecified atom stereocenters. The first-order valence-corrected chi connectivity index (χ1v) is 12.5. The van der Waals surface area contributed by atoms with Crippen molar-refractivity contribution in [3.63, 3.8) is 0 Å². The van der Waals surface area contributed by atoms with Crippen molar-refractivity contribution in [1.29, 1.82) is 0 Å². The summed E-state index contributed by atoms with van der Waals surface area (Å²) in [6, 6.07) is 20.9. The molecule has 2 aromatic carbocycles. The van der Waals surface area contributed by atoms with Gasteiger partial charge in [-0.3, -0.25) is 0 Å². The fraction of sp³-hybridized carbons (Fsp3) is 0.208. The zero-order valence-electron chi connectivity index (χ0n) is 17.8. The molecular weight excluding hydrogens is 428 g/mol. The van der Waals surface area contributed by atoms with Gasteiger partial charge in [0.1, 0.15) is 5.60 Å². The van der Waals surface area contributed by atoms with Crippen LogP contribution in [0.5, 0.6) is 0 Å². The van der Waals surface area contributed by atoms with Crippen LogP contribution in [0.25, 0.3) is 26.7 Å². The summed E-state index contributed by atoms with van der Waals surface area (Å²) in [7, 11) is -3.28. The summed E-state index contributed by atoms with van der Waals surface area (Å²) < 4.78 is 25.7. The van der Waals surface area contributed by atoms with Gasteiger partial charge in [-0.1, -0.05) is 30.3 Å². The van der Waals surface area contributed by atoms with Crippen LogP contribution in [-0.4, -0.2) is 29.6 Å². The molecule has 7 heteroatoms. The number of sulfone groups is 1. The Bertz CT molecular complexity index is 1360. The van der Waals surface area contributed by atoms with Gasteiger partial charge < -0.3 is 5.11 Å². The third kappa shape index (κ3) is 4.35. The first-order valence-electron chi connectivity index (χ1n) is 9.84. The van der Waals surface area contributed by atoms with Gasteiger partial charge in [0.15, 0.2) is 9.84 Å². The molecule has 0 atom stereocenters. The second-order valence-electron chi connectivity index (χ2n) is 8.14. The lowest BCUT2D eigenvalue weighted by Gasteiger charge is -2.13. The summed E-state index contributed by atoms with van der Waals surface area (Å²) in [6.45, 7) is 5.47. The molecule has 160 valence electrons. The van der Waals surface area contributed by atoms with E-state index in [9.17, 15) is 13.5 Å². The lowest BCUT2D eigenvalue weighted by Crippen LogP contribution is -2.16. The molecule has 0 amide bonds. The maximum Gasteiger partial charge on any atom is 0.175 e. The van der Waals surface area contributed by atoms with E-state index in [0.29, 0.717) is 10.6 Å². The molecule has 0 saturated heterocycles. The molecule has 0 fully saturated rings. The average molecular weight is 453 g/mol. The van der Waals surface area contributed by atoms with Gasteiger partial charge in [0.2, 0.25) is 0 Å². The number of para-hydroxylation sites is 1. The first kappa shape index (κ1) is 21.5. The average Bonchev–Trinajstić information content (AvgIpc) is 3.35. The fourth-order valence-electron chi connectivity index (χ4n) is 3.35. The molecule has 0 saturated carbocycles. The minimum atomic E-state index is -3.28. The molecule has 0 aliphatic rings. The van der Waals surface area contributed by atoms with Crippen molar-refractivity contribution in [2.75, 3.05) is 6.26 Å². The molecule has 5 nitrogen and oxygen atoms in total. The van der Waals surface area contributed by atoms with Crippen molar-refractivity contribution in [3.8, 4) is 26.7 Å². The number of aryl methyl sites for hydroxylation is 1. The zero-order chi connectivity index (χ0) is 22.4. The van der Waals surface area contributed by atoms with Crippen molar-refractivity contribution >= 4 is 21.2 Å². The van der Waals surface area contributed by atoms with Gasteiger partial charge in [-0.25, -0.2) is 13.1 Å². The fourth-order valence-corrected chi connectivity index (χ4v) is 5.02. The van der Waals surface area contributed by atoms with Crippen LogP contribution in [0.2, 0.25) is 0 Å². The standard InChI is InChI=1S/C24H24N2O3S2/c1-16-8-5-6-11-19(16)26-20(15-23(25-26)24(2,3)27)22-13-12-21(30-22)17-9-7-10-18(14-17)31(4,28)29/h5-15,27H,1-4H3. The Morgan fingerprint density at radius 1 is 0.968 bits per heavy atom. The molecule has 4 aromatic rings.